The zero-order chi connectivity index (χ0) is 21.4. The molecular weight excluding hydrogens is 390 g/mol. The Bertz CT molecular complexity index is 796. The second-order valence-corrected chi connectivity index (χ2v) is 10.4. The van der Waals surface area contributed by atoms with Crippen molar-refractivity contribution in [3.63, 3.8) is 0 Å². The summed E-state index contributed by atoms with van der Waals surface area (Å²) in [7, 11) is 1.67. The van der Waals surface area contributed by atoms with E-state index in [2.05, 4.69) is 16.3 Å². The van der Waals surface area contributed by atoms with E-state index in [4.69, 9.17) is 4.74 Å². The maximum absolute atomic E-state index is 12.7. The quantitative estimate of drug-likeness (QED) is 0.761. The van der Waals surface area contributed by atoms with Crippen molar-refractivity contribution in [2.24, 2.45) is 23.2 Å². The number of ether oxygens (including phenoxy) is 1. The number of amides is 2. The SMILES string of the molecule is COc1cccc(N2CCN(C(=O)CNC(=O)CC34CC5CC(CC(C5)C3)C4)CC2)c1. The smallest absolute Gasteiger partial charge is 0.242 e. The van der Waals surface area contributed by atoms with Gasteiger partial charge in [-0.1, -0.05) is 6.07 Å². The van der Waals surface area contributed by atoms with Crippen molar-refractivity contribution in [3.05, 3.63) is 24.3 Å². The van der Waals surface area contributed by atoms with Gasteiger partial charge in [0.15, 0.2) is 0 Å². The number of rotatable bonds is 6. The summed E-state index contributed by atoms with van der Waals surface area (Å²) in [6.07, 6.45) is 8.47. The number of methoxy groups -OCH3 is 1. The molecule has 2 amide bonds. The van der Waals surface area contributed by atoms with Crippen LogP contribution in [0.3, 0.4) is 0 Å². The summed E-state index contributed by atoms with van der Waals surface area (Å²) in [5.74, 6) is 3.50. The Hall–Kier alpha value is -2.24. The molecule has 1 N–H and O–H groups in total. The largest absolute Gasteiger partial charge is 0.497 e. The topological polar surface area (TPSA) is 61.9 Å². The van der Waals surface area contributed by atoms with Crippen molar-refractivity contribution in [2.75, 3.05) is 44.7 Å². The van der Waals surface area contributed by atoms with Gasteiger partial charge in [0.05, 0.1) is 13.7 Å². The maximum Gasteiger partial charge on any atom is 0.242 e. The number of benzene rings is 1. The van der Waals surface area contributed by atoms with Crippen LogP contribution in [0.5, 0.6) is 5.75 Å². The molecule has 6 heteroatoms. The minimum Gasteiger partial charge on any atom is -0.497 e. The molecule has 1 saturated heterocycles. The zero-order valence-electron chi connectivity index (χ0n) is 18.6. The Morgan fingerprint density at radius 1 is 1.03 bits per heavy atom. The second-order valence-electron chi connectivity index (χ2n) is 10.4. The van der Waals surface area contributed by atoms with E-state index >= 15 is 0 Å². The summed E-state index contributed by atoms with van der Waals surface area (Å²) in [5, 5.41) is 2.95. The van der Waals surface area contributed by atoms with Crippen molar-refractivity contribution in [2.45, 2.75) is 44.9 Å². The average molecular weight is 426 g/mol. The van der Waals surface area contributed by atoms with Crippen LogP contribution in [0.1, 0.15) is 44.9 Å². The fourth-order valence-electron chi connectivity index (χ4n) is 7.22. The maximum atomic E-state index is 12.7. The molecule has 4 bridgehead atoms. The van der Waals surface area contributed by atoms with Gasteiger partial charge in [-0.15, -0.1) is 0 Å². The lowest BCUT2D eigenvalue weighted by Gasteiger charge is -2.56. The van der Waals surface area contributed by atoms with Crippen LogP contribution < -0.4 is 15.0 Å². The minimum atomic E-state index is 0.0316. The van der Waals surface area contributed by atoms with E-state index in [-0.39, 0.29) is 23.8 Å². The number of anilines is 1. The Balaban J connectivity index is 1.08. The molecule has 4 aliphatic carbocycles. The molecule has 5 aliphatic rings. The zero-order valence-corrected chi connectivity index (χ0v) is 18.6. The molecule has 0 radical (unpaired) electrons. The molecule has 1 aromatic carbocycles. The highest BCUT2D eigenvalue weighted by Gasteiger charge is 2.51. The third-order valence-corrected chi connectivity index (χ3v) is 8.19. The molecule has 168 valence electrons. The number of piperazine rings is 1. The van der Waals surface area contributed by atoms with Crippen molar-refractivity contribution in [1.29, 1.82) is 0 Å². The number of carbonyl (C=O) groups is 2. The van der Waals surface area contributed by atoms with Gasteiger partial charge in [0.2, 0.25) is 11.8 Å². The van der Waals surface area contributed by atoms with Gasteiger partial charge < -0.3 is 19.9 Å². The number of nitrogens with one attached hydrogen (secondary N) is 1. The third kappa shape index (κ3) is 4.39. The van der Waals surface area contributed by atoms with Gasteiger partial charge in [-0.25, -0.2) is 0 Å². The predicted octanol–water partition coefficient (Wildman–Crippen LogP) is 3.07. The molecule has 6 nitrogen and oxygen atoms in total. The molecule has 31 heavy (non-hydrogen) atoms. The van der Waals surface area contributed by atoms with E-state index in [1.807, 2.05) is 23.1 Å². The fourth-order valence-corrected chi connectivity index (χ4v) is 7.22. The standard InChI is InChI=1S/C25H35N3O3/c1-31-22-4-2-3-21(12-22)27-5-7-28(8-6-27)24(30)17-26-23(29)16-25-13-18-9-19(14-25)11-20(10-18)15-25/h2-4,12,18-20H,5-11,13-17H2,1H3,(H,26,29). The summed E-state index contributed by atoms with van der Waals surface area (Å²) in [6.45, 7) is 3.08. The van der Waals surface area contributed by atoms with Gasteiger partial charge in [0.25, 0.3) is 0 Å². The molecule has 6 rings (SSSR count). The van der Waals surface area contributed by atoms with Crippen LogP contribution >= 0.6 is 0 Å². The number of hydrogen-bond donors (Lipinski definition) is 1. The molecule has 0 unspecified atom stereocenters. The molecule has 1 aromatic rings. The van der Waals surface area contributed by atoms with Gasteiger partial charge in [0.1, 0.15) is 5.75 Å². The number of hydrogen-bond acceptors (Lipinski definition) is 4. The van der Waals surface area contributed by atoms with Crippen LogP contribution in [-0.2, 0) is 9.59 Å². The van der Waals surface area contributed by atoms with Gasteiger partial charge in [0, 0.05) is 44.4 Å². The highest BCUT2D eigenvalue weighted by atomic mass is 16.5. The van der Waals surface area contributed by atoms with Crippen LogP contribution in [0.25, 0.3) is 0 Å². The van der Waals surface area contributed by atoms with E-state index in [1.165, 1.54) is 38.5 Å². The average Bonchev–Trinajstić information content (AvgIpc) is 2.76. The Morgan fingerprint density at radius 2 is 1.68 bits per heavy atom. The molecular formula is C25H35N3O3. The Morgan fingerprint density at radius 3 is 2.29 bits per heavy atom. The lowest BCUT2D eigenvalue weighted by atomic mass is 9.49. The molecule has 0 atom stereocenters. The first kappa shape index (κ1) is 20.7. The Labute approximate surface area is 185 Å². The molecule has 1 aliphatic heterocycles. The van der Waals surface area contributed by atoms with Gasteiger partial charge in [-0.05, 0) is 73.8 Å². The van der Waals surface area contributed by atoms with Crippen LogP contribution in [0.15, 0.2) is 24.3 Å². The van der Waals surface area contributed by atoms with Gasteiger partial charge >= 0.3 is 0 Å². The molecule has 1 heterocycles. The van der Waals surface area contributed by atoms with Crippen LogP contribution in [0.4, 0.5) is 5.69 Å². The van der Waals surface area contributed by atoms with Crippen molar-refractivity contribution < 1.29 is 14.3 Å². The lowest BCUT2D eigenvalue weighted by molar-refractivity contribution is -0.135. The first-order valence-electron chi connectivity index (χ1n) is 12.0. The van der Waals surface area contributed by atoms with E-state index in [0.29, 0.717) is 19.5 Å². The van der Waals surface area contributed by atoms with E-state index < -0.39 is 0 Å². The highest BCUT2D eigenvalue weighted by Crippen LogP contribution is 2.61. The summed E-state index contributed by atoms with van der Waals surface area (Å²) < 4.78 is 5.32. The minimum absolute atomic E-state index is 0.0316. The molecule has 5 fully saturated rings. The van der Waals surface area contributed by atoms with E-state index in [0.717, 1.165) is 42.3 Å². The summed E-state index contributed by atoms with van der Waals surface area (Å²) in [5.41, 5.74) is 1.35. The first-order chi connectivity index (χ1) is 15.0. The second kappa shape index (κ2) is 8.36. The third-order valence-electron chi connectivity index (χ3n) is 8.19. The molecule has 0 aromatic heterocycles. The number of nitrogens with zero attached hydrogens (tertiary/aromatic N) is 2. The van der Waals surface area contributed by atoms with Crippen LogP contribution in [-0.4, -0.2) is 56.5 Å². The van der Waals surface area contributed by atoms with E-state index in [9.17, 15) is 9.59 Å². The molecule has 4 saturated carbocycles. The van der Waals surface area contributed by atoms with Crippen molar-refractivity contribution in [3.8, 4) is 5.75 Å². The fraction of sp³-hybridized carbons (Fsp3) is 0.680. The van der Waals surface area contributed by atoms with Crippen LogP contribution in [0, 0.1) is 23.2 Å². The highest BCUT2D eigenvalue weighted by molar-refractivity contribution is 5.85. The summed E-state index contributed by atoms with van der Waals surface area (Å²) in [6, 6.07) is 8.03. The van der Waals surface area contributed by atoms with Crippen molar-refractivity contribution in [1.82, 2.24) is 10.2 Å². The monoisotopic (exact) mass is 425 g/mol. The first-order valence-corrected chi connectivity index (χ1v) is 12.0. The molecule has 0 spiro atoms. The normalized spacial score (nSPS) is 31.6. The summed E-state index contributed by atoms with van der Waals surface area (Å²) in [4.78, 5) is 29.5. The van der Waals surface area contributed by atoms with Gasteiger partial charge in [-0.3, -0.25) is 9.59 Å². The van der Waals surface area contributed by atoms with E-state index in [1.54, 1.807) is 7.11 Å². The van der Waals surface area contributed by atoms with Crippen molar-refractivity contribution >= 4 is 17.5 Å². The summed E-state index contributed by atoms with van der Waals surface area (Å²) >= 11 is 0. The van der Waals surface area contributed by atoms with Crippen LogP contribution in [0.2, 0.25) is 0 Å². The lowest BCUT2D eigenvalue weighted by Crippen LogP contribution is -2.52. The van der Waals surface area contributed by atoms with Gasteiger partial charge in [-0.2, -0.15) is 0 Å². The predicted molar refractivity (Wildman–Crippen MR) is 120 cm³/mol. The number of carbonyl (C=O) groups excluding carboxylic acids is 2. The Kier molecular flexibility index (Phi) is 5.57.